The SMILES string of the molecule is O=C(Cc1ccc(NC(=O)/C(=C\c2ccc(Cl)cc2)NC(=O)c2ccccc2)cc1)NCc1cccc(F)c1. The Labute approximate surface area is 230 Å². The van der Waals surface area contributed by atoms with Crippen LogP contribution < -0.4 is 16.0 Å². The van der Waals surface area contributed by atoms with Gasteiger partial charge in [0.2, 0.25) is 5.91 Å². The van der Waals surface area contributed by atoms with Crippen LogP contribution in [-0.4, -0.2) is 17.7 Å². The smallest absolute Gasteiger partial charge is 0.272 e. The van der Waals surface area contributed by atoms with E-state index in [1.807, 2.05) is 0 Å². The molecule has 0 unspecified atom stereocenters. The fourth-order valence-electron chi connectivity index (χ4n) is 3.67. The van der Waals surface area contributed by atoms with Crippen LogP contribution in [0.2, 0.25) is 5.02 Å². The zero-order valence-corrected chi connectivity index (χ0v) is 21.5. The summed E-state index contributed by atoms with van der Waals surface area (Å²) in [5.41, 5.74) is 3.03. The Balaban J connectivity index is 1.40. The Bertz CT molecular complexity index is 1490. The van der Waals surface area contributed by atoms with E-state index in [0.717, 1.165) is 5.56 Å². The van der Waals surface area contributed by atoms with E-state index >= 15 is 0 Å². The van der Waals surface area contributed by atoms with Gasteiger partial charge in [0.25, 0.3) is 11.8 Å². The lowest BCUT2D eigenvalue weighted by molar-refractivity contribution is -0.120. The number of carbonyl (C=O) groups excluding carboxylic acids is 3. The molecule has 3 N–H and O–H groups in total. The molecule has 0 radical (unpaired) electrons. The van der Waals surface area contributed by atoms with E-state index in [-0.39, 0.29) is 30.4 Å². The van der Waals surface area contributed by atoms with Gasteiger partial charge in [0.05, 0.1) is 6.42 Å². The van der Waals surface area contributed by atoms with Crippen LogP contribution in [0, 0.1) is 5.82 Å². The summed E-state index contributed by atoms with van der Waals surface area (Å²) < 4.78 is 13.3. The highest BCUT2D eigenvalue weighted by Crippen LogP contribution is 2.15. The van der Waals surface area contributed by atoms with Crippen molar-refractivity contribution in [2.45, 2.75) is 13.0 Å². The number of hydrogen-bond donors (Lipinski definition) is 3. The van der Waals surface area contributed by atoms with Crippen LogP contribution >= 0.6 is 11.6 Å². The maximum absolute atomic E-state index is 13.3. The molecule has 4 aromatic rings. The minimum Gasteiger partial charge on any atom is -0.352 e. The van der Waals surface area contributed by atoms with E-state index < -0.39 is 11.8 Å². The molecule has 8 heteroatoms. The number of halogens is 2. The third-order valence-corrected chi connectivity index (χ3v) is 5.92. The molecule has 4 aromatic carbocycles. The first kappa shape index (κ1) is 27.3. The Morgan fingerprint density at radius 3 is 2.21 bits per heavy atom. The van der Waals surface area contributed by atoms with Crippen molar-refractivity contribution in [3.63, 3.8) is 0 Å². The predicted molar refractivity (Wildman–Crippen MR) is 150 cm³/mol. The van der Waals surface area contributed by atoms with E-state index in [9.17, 15) is 18.8 Å². The lowest BCUT2D eigenvalue weighted by Gasteiger charge is -2.12. The summed E-state index contributed by atoms with van der Waals surface area (Å²) in [5.74, 6) is -1.52. The molecule has 6 nitrogen and oxygen atoms in total. The summed E-state index contributed by atoms with van der Waals surface area (Å²) in [6.45, 7) is 0.224. The van der Waals surface area contributed by atoms with Crippen molar-refractivity contribution < 1.29 is 18.8 Å². The highest BCUT2D eigenvalue weighted by molar-refractivity contribution is 6.30. The molecule has 39 heavy (non-hydrogen) atoms. The van der Waals surface area contributed by atoms with Gasteiger partial charge in [-0.3, -0.25) is 14.4 Å². The zero-order chi connectivity index (χ0) is 27.6. The van der Waals surface area contributed by atoms with Gasteiger partial charge in [0.1, 0.15) is 11.5 Å². The molecule has 0 bridgehead atoms. The van der Waals surface area contributed by atoms with Gasteiger partial charge in [-0.2, -0.15) is 0 Å². The van der Waals surface area contributed by atoms with Crippen LogP contribution in [0.25, 0.3) is 6.08 Å². The number of benzene rings is 4. The van der Waals surface area contributed by atoms with E-state index in [2.05, 4.69) is 16.0 Å². The summed E-state index contributed by atoms with van der Waals surface area (Å²) in [7, 11) is 0. The van der Waals surface area contributed by atoms with Gasteiger partial charge in [-0.15, -0.1) is 0 Å². The van der Waals surface area contributed by atoms with Crippen LogP contribution in [0.3, 0.4) is 0 Å². The van der Waals surface area contributed by atoms with Crippen LogP contribution in [0.4, 0.5) is 10.1 Å². The molecule has 3 amide bonds. The fraction of sp³-hybridized carbons (Fsp3) is 0.0645. The average molecular weight is 542 g/mol. The fourth-order valence-corrected chi connectivity index (χ4v) is 3.79. The van der Waals surface area contributed by atoms with E-state index in [4.69, 9.17) is 11.6 Å². The maximum atomic E-state index is 13.3. The van der Waals surface area contributed by atoms with Gasteiger partial charge in [0, 0.05) is 22.8 Å². The van der Waals surface area contributed by atoms with E-state index in [1.54, 1.807) is 97.1 Å². The molecule has 0 heterocycles. The number of nitrogens with one attached hydrogen (secondary N) is 3. The van der Waals surface area contributed by atoms with Crippen molar-refractivity contribution in [2.24, 2.45) is 0 Å². The first-order chi connectivity index (χ1) is 18.9. The highest BCUT2D eigenvalue weighted by Gasteiger charge is 2.15. The Morgan fingerprint density at radius 1 is 0.795 bits per heavy atom. The van der Waals surface area contributed by atoms with Gasteiger partial charge in [-0.25, -0.2) is 4.39 Å². The molecule has 0 fully saturated rings. The van der Waals surface area contributed by atoms with Crippen molar-refractivity contribution in [1.82, 2.24) is 10.6 Å². The molecule has 0 atom stereocenters. The number of anilines is 1. The normalized spacial score (nSPS) is 11.0. The summed E-state index contributed by atoms with van der Waals surface area (Å²) in [5, 5.41) is 8.78. The van der Waals surface area contributed by atoms with Crippen LogP contribution in [-0.2, 0) is 22.6 Å². The summed E-state index contributed by atoms with van der Waals surface area (Å²) in [6, 6.07) is 28.3. The van der Waals surface area contributed by atoms with Crippen LogP contribution in [0.1, 0.15) is 27.0 Å². The monoisotopic (exact) mass is 541 g/mol. The van der Waals surface area contributed by atoms with Gasteiger partial charge < -0.3 is 16.0 Å². The van der Waals surface area contributed by atoms with Gasteiger partial charge in [0.15, 0.2) is 0 Å². The molecule has 0 aliphatic rings. The van der Waals surface area contributed by atoms with Gasteiger partial charge in [-0.1, -0.05) is 66.2 Å². The van der Waals surface area contributed by atoms with Crippen LogP contribution in [0.5, 0.6) is 0 Å². The lowest BCUT2D eigenvalue weighted by atomic mass is 10.1. The van der Waals surface area contributed by atoms with Crippen molar-refractivity contribution in [1.29, 1.82) is 0 Å². The number of hydrogen-bond acceptors (Lipinski definition) is 3. The molecular formula is C31H25ClFN3O3. The second-order valence-electron chi connectivity index (χ2n) is 8.66. The summed E-state index contributed by atoms with van der Waals surface area (Å²) in [4.78, 5) is 38.2. The zero-order valence-electron chi connectivity index (χ0n) is 20.8. The third kappa shape index (κ3) is 8.38. The van der Waals surface area contributed by atoms with Crippen molar-refractivity contribution in [2.75, 3.05) is 5.32 Å². The quantitative estimate of drug-likeness (QED) is 0.236. The van der Waals surface area contributed by atoms with Crippen molar-refractivity contribution in [3.8, 4) is 0 Å². The van der Waals surface area contributed by atoms with Gasteiger partial charge in [-0.05, 0) is 71.3 Å². The molecule has 4 rings (SSSR count). The molecule has 0 aliphatic heterocycles. The average Bonchev–Trinajstić information content (AvgIpc) is 2.94. The van der Waals surface area contributed by atoms with E-state index in [1.165, 1.54) is 12.1 Å². The van der Waals surface area contributed by atoms with E-state index in [0.29, 0.717) is 27.4 Å². The van der Waals surface area contributed by atoms with Crippen LogP contribution in [0.15, 0.2) is 109 Å². The minimum absolute atomic E-state index is 0.0481. The lowest BCUT2D eigenvalue weighted by Crippen LogP contribution is -2.30. The second-order valence-corrected chi connectivity index (χ2v) is 9.10. The predicted octanol–water partition coefficient (Wildman–Crippen LogP) is 5.75. The Kier molecular flexibility index (Phi) is 9.21. The standard InChI is InChI=1S/C31H25ClFN3O3/c32-25-13-9-21(10-14-25)18-28(36-30(38)24-6-2-1-3-7-24)31(39)35-27-15-11-22(12-16-27)19-29(37)34-20-23-5-4-8-26(33)17-23/h1-18H,19-20H2,(H,34,37)(H,35,39)(H,36,38)/b28-18+. The third-order valence-electron chi connectivity index (χ3n) is 5.67. The molecular weight excluding hydrogens is 517 g/mol. The second kappa shape index (κ2) is 13.2. The topological polar surface area (TPSA) is 87.3 Å². The molecule has 196 valence electrons. The number of amides is 3. The van der Waals surface area contributed by atoms with Gasteiger partial charge >= 0.3 is 0 Å². The Hall–Kier alpha value is -4.75. The number of rotatable bonds is 9. The molecule has 0 saturated heterocycles. The molecule has 0 spiro atoms. The molecule has 0 saturated carbocycles. The summed E-state index contributed by atoms with van der Waals surface area (Å²) in [6.07, 6.45) is 1.68. The maximum Gasteiger partial charge on any atom is 0.272 e. The summed E-state index contributed by atoms with van der Waals surface area (Å²) >= 11 is 5.97. The Morgan fingerprint density at radius 2 is 1.51 bits per heavy atom. The van der Waals surface area contributed by atoms with Crippen molar-refractivity contribution in [3.05, 3.63) is 142 Å². The number of carbonyl (C=O) groups is 3. The largest absolute Gasteiger partial charge is 0.352 e. The minimum atomic E-state index is -0.519. The first-order valence-corrected chi connectivity index (χ1v) is 12.5. The molecule has 0 aromatic heterocycles. The van der Waals surface area contributed by atoms with Crippen molar-refractivity contribution >= 4 is 41.1 Å². The highest BCUT2D eigenvalue weighted by atomic mass is 35.5. The molecule has 0 aliphatic carbocycles. The first-order valence-electron chi connectivity index (χ1n) is 12.1.